The maximum atomic E-state index is 13.7. The van der Waals surface area contributed by atoms with E-state index in [0.29, 0.717) is 11.2 Å². The third-order valence-corrected chi connectivity index (χ3v) is 7.58. The minimum atomic E-state index is -1.20. The highest BCUT2D eigenvalue weighted by atomic mass is 19.1. The van der Waals surface area contributed by atoms with Crippen LogP contribution in [-0.4, -0.2) is 28.8 Å². The van der Waals surface area contributed by atoms with Crippen LogP contribution in [0.25, 0.3) is 22.2 Å². The van der Waals surface area contributed by atoms with Crippen molar-refractivity contribution in [3.63, 3.8) is 0 Å². The Morgan fingerprint density at radius 3 is 2.29 bits per heavy atom. The molecule has 31 heavy (non-hydrogen) atoms. The van der Waals surface area contributed by atoms with E-state index in [1.807, 2.05) is 19.2 Å². The number of ether oxygens (including phenoxy) is 1. The van der Waals surface area contributed by atoms with E-state index in [2.05, 4.69) is 17.1 Å². The minimum Gasteiger partial charge on any atom is -0.478 e. The quantitative estimate of drug-likeness (QED) is 0.597. The van der Waals surface area contributed by atoms with E-state index >= 15 is 0 Å². The molecule has 0 amide bonds. The van der Waals surface area contributed by atoms with Gasteiger partial charge in [-0.1, -0.05) is 24.3 Å². The standard InChI is InChI=1S/C25H25FN2O3/c1-31-25-11-8-24(9-12-25,10-13-25)16-4-2-15(3-5-16)22-21(27)20(23(29)30)18-14-17(26)6-7-19(18)28-22/h2-7,14H,8-13,27H2,1H3,(H,29,30). The number of halogens is 1. The summed E-state index contributed by atoms with van der Waals surface area (Å²) < 4.78 is 19.5. The Morgan fingerprint density at radius 1 is 1.06 bits per heavy atom. The van der Waals surface area contributed by atoms with Crippen molar-refractivity contribution in [2.45, 2.75) is 49.5 Å². The first-order chi connectivity index (χ1) is 14.9. The number of methoxy groups -OCH3 is 1. The molecular weight excluding hydrogens is 395 g/mol. The summed E-state index contributed by atoms with van der Waals surface area (Å²) >= 11 is 0. The maximum absolute atomic E-state index is 13.7. The zero-order chi connectivity index (χ0) is 21.8. The van der Waals surface area contributed by atoms with E-state index in [9.17, 15) is 14.3 Å². The predicted octanol–water partition coefficient (Wildman–Crippen LogP) is 5.31. The summed E-state index contributed by atoms with van der Waals surface area (Å²) in [5.41, 5.74) is 9.29. The minimum absolute atomic E-state index is 0.0525. The van der Waals surface area contributed by atoms with E-state index < -0.39 is 11.8 Å². The molecule has 3 saturated carbocycles. The number of pyridine rings is 1. The number of anilines is 1. The second kappa shape index (κ2) is 7.02. The monoisotopic (exact) mass is 420 g/mol. The highest BCUT2D eigenvalue weighted by Crippen LogP contribution is 2.54. The molecule has 2 bridgehead atoms. The normalized spacial score (nSPS) is 25.1. The Labute approximate surface area is 180 Å². The number of rotatable bonds is 4. The Balaban J connectivity index is 1.54. The van der Waals surface area contributed by atoms with Crippen molar-refractivity contribution in [1.29, 1.82) is 0 Å². The first-order valence-corrected chi connectivity index (χ1v) is 10.6. The third kappa shape index (κ3) is 3.08. The number of nitrogens with zero attached hydrogens (tertiary/aromatic N) is 1. The average Bonchev–Trinajstić information content (AvgIpc) is 2.80. The number of nitrogen functional groups attached to an aromatic ring is 1. The van der Waals surface area contributed by atoms with Gasteiger partial charge in [-0.3, -0.25) is 0 Å². The first kappa shape index (κ1) is 19.9. The number of aromatic nitrogens is 1. The number of carboxylic acid groups (broad SMARTS) is 1. The molecule has 3 fully saturated rings. The molecule has 0 aliphatic heterocycles. The van der Waals surface area contributed by atoms with Gasteiger partial charge in [0.05, 0.1) is 28.1 Å². The summed E-state index contributed by atoms with van der Waals surface area (Å²) in [5.74, 6) is -1.72. The van der Waals surface area contributed by atoms with Crippen LogP contribution in [0.3, 0.4) is 0 Å². The van der Waals surface area contributed by atoms with Gasteiger partial charge in [-0.2, -0.15) is 0 Å². The fourth-order valence-corrected chi connectivity index (χ4v) is 5.57. The second-order valence-electron chi connectivity index (χ2n) is 8.96. The summed E-state index contributed by atoms with van der Waals surface area (Å²) in [6.07, 6.45) is 6.61. The predicted molar refractivity (Wildman–Crippen MR) is 118 cm³/mol. The number of hydrogen-bond acceptors (Lipinski definition) is 4. The van der Waals surface area contributed by atoms with Crippen LogP contribution in [0.5, 0.6) is 0 Å². The Hall–Kier alpha value is -2.99. The van der Waals surface area contributed by atoms with Gasteiger partial charge in [0.2, 0.25) is 0 Å². The summed E-state index contributed by atoms with van der Waals surface area (Å²) in [6.45, 7) is 0. The Kier molecular flexibility index (Phi) is 4.52. The van der Waals surface area contributed by atoms with Crippen LogP contribution in [0.1, 0.15) is 54.4 Å². The van der Waals surface area contributed by atoms with Crippen molar-refractivity contribution in [3.05, 3.63) is 59.4 Å². The number of benzene rings is 2. The van der Waals surface area contributed by atoms with Crippen LogP contribution in [0.4, 0.5) is 10.1 Å². The molecular formula is C25H25FN2O3. The first-order valence-electron chi connectivity index (χ1n) is 10.6. The largest absolute Gasteiger partial charge is 0.478 e. The van der Waals surface area contributed by atoms with Crippen LogP contribution in [0, 0.1) is 5.82 Å². The molecule has 6 rings (SSSR count). The molecule has 5 nitrogen and oxygen atoms in total. The van der Waals surface area contributed by atoms with Gasteiger partial charge in [0.25, 0.3) is 0 Å². The van der Waals surface area contributed by atoms with Crippen molar-refractivity contribution in [2.75, 3.05) is 12.8 Å². The zero-order valence-electron chi connectivity index (χ0n) is 17.5. The summed E-state index contributed by atoms with van der Waals surface area (Å²) in [4.78, 5) is 16.5. The summed E-state index contributed by atoms with van der Waals surface area (Å²) in [5, 5.41) is 9.92. The number of fused-ring (bicyclic) bond motifs is 4. The number of nitrogens with two attached hydrogens (primary N) is 1. The van der Waals surface area contributed by atoms with E-state index in [1.54, 1.807) is 0 Å². The lowest BCUT2D eigenvalue weighted by atomic mass is 9.56. The van der Waals surface area contributed by atoms with Crippen LogP contribution in [-0.2, 0) is 10.2 Å². The van der Waals surface area contributed by atoms with E-state index in [0.717, 1.165) is 44.1 Å². The molecule has 0 atom stereocenters. The fourth-order valence-electron chi connectivity index (χ4n) is 5.57. The molecule has 1 aromatic heterocycles. The number of hydrogen-bond donors (Lipinski definition) is 2. The van der Waals surface area contributed by atoms with Gasteiger partial charge in [-0.25, -0.2) is 14.2 Å². The topological polar surface area (TPSA) is 85.4 Å². The van der Waals surface area contributed by atoms with E-state index in [-0.39, 0.29) is 27.7 Å². The highest BCUT2D eigenvalue weighted by molar-refractivity contribution is 6.09. The molecule has 3 N–H and O–H groups in total. The second-order valence-corrected chi connectivity index (χ2v) is 8.96. The van der Waals surface area contributed by atoms with Gasteiger partial charge in [0, 0.05) is 18.1 Å². The molecule has 2 aromatic carbocycles. The molecule has 3 aliphatic carbocycles. The Morgan fingerprint density at radius 2 is 1.71 bits per heavy atom. The van der Waals surface area contributed by atoms with E-state index in [1.165, 1.54) is 23.8 Å². The molecule has 1 heterocycles. The molecule has 0 spiro atoms. The smallest absolute Gasteiger partial charge is 0.338 e. The fraction of sp³-hybridized carbons (Fsp3) is 0.360. The van der Waals surface area contributed by atoms with Crippen molar-refractivity contribution < 1.29 is 19.0 Å². The molecule has 0 unspecified atom stereocenters. The lowest BCUT2D eigenvalue weighted by Gasteiger charge is -2.53. The highest BCUT2D eigenvalue weighted by Gasteiger charge is 2.49. The Bertz CT molecular complexity index is 1170. The van der Waals surface area contributed by atoms with Gasteiger partial charge in [0.1, 0.15) is 5.82 Å². The maximum Gasteiger partial charge on any atom is 0.338 e. The van der Waals surface area contributed by atoms with Crippen molar-refractivity contribution in [1.82, 2.24) is 4.98 Å². The van der Waals surface area contributed by atoms with Gasteiger partial charge in [-0.15, -0.1) is 0 Å². The van der Waals surface area contributed by atoms with Gasteiger partial charge in [-0.05, 0) is 67.7 Å². The molecule has 3 aliphatic rings. The molecule has 0 saturated heterocycles. The number of aromatic carboxylic acids is 1. The third-order valence-electron chi connectivity index (χ3n) is 7.58. The summed E-state index contributed by atoms with van der Waals surface area (Å²) in [6, 6.07) is 12.1. The number of carboxylic acids is 1. The molecule has 160 valence electrons. The van der Waals surface area contributed by atoms with Gasteiger partial charge < -0.3 is 15.6 Å². The van der Waals surface area contributed by atoms with Gasteiger partial charge >= 0.3 is 5.97 Å². The summed E-state index contributed by atoms with van der Waals surface area (Å²) in [7, 11) is 1.83. The van der Waals surface area contributed by atoms with Crippen LogP contribution < -0.4 is 5.73 Å². The SMILES string of the molecule is COC12CCC(c3ccc(-c4nc5ccc(F)cc5c(C(=O)O)c4N)cc3)(CC1)CC2. The van der Waals surface area contributed by atoms with Crippen LogP contribution in [0.15, 0.2) is 42.5 Å². The molecule has 3 aromatic rings. The van der Waals surface area contributed by atoms with E-state index in [4.69, 9.17) is 10.5 Å². The molecule has 0 radical (unpaired) electrons. The van der Waals surface area contributed by atoms with Crippen LogP contribution in [0.2, 0.25) is 0 Å². The van der Waals surface area contributed by atoms with Crippen LogP contribution >= 0.6 is 0 Å². The van der Waals surface area contributed by atoms with Crippen molar-refractivity contribution >= 4 is 22.6 Å². The average molecular weight is 420 g/mol. The van der Waals surface area contributed by atoms with Crippen molar-refractivity contribution in [2.24, 2.45) is 0 Å². The zero-order valence-corrected chi connectivity index (χ0v) is 17.5. The number of carbonyl (C=O) groups is 1. The van der Waals surface area contributed by atoms with Gasteiger partial charge in [0.15, 0.2) is 0 Å². The lowest BCUT2D eigenvalue weighted by molar-refractivity contribution is -0.0955. The lowest BCUT2D eigenvalue weighted by Crippen LogP contribution is -2.49. The van der Waals surface area contributed by atoms with Crippen molar-refractivity contribution in [3.8, 4) is 11.3 Å². The molecule has 6 heteroatoms.